The van der Waals surface area contributed by atoms with E-state index in [-0.39, 0.29) is 5.41 Å². The van der Waals surface area contributed by atoms with Crippen LogP contribution < -0.4 is 11.1 Å². The summed E-state index contributed by atoms with van der Waals surface area (Å²) in [4.78, 5) is 0. The van der Waals surface area contributed by atoms with Gasteiger partial charge in [0.15, 0.2) is 0 Å². The zero-order valence-corrected chi connectivity index (χ0v) is 17.4. The molecule has 2 nitrogen and oxygen atoms in total. The van der Waals surface area contributed by atoms with Crippen LogP contribution in [0.3, 0.4) is 0 Å². The second kappa shape index (κ2) is 7.98. The maximum atomic E-state index is 6.34. The van der Waals surface area contributed by atoms with Crippen LogP contribution in [-0.2, 0) is 5.41 Å². The van der Waals surface area contributed by atoms with Crippen LogP contribution in [-0.4, -0.2) is 6.04 Å². The third kappa shape index (κ3) is 4.50. The van der Waals surface area contributed by atoms with Crippen LogP contribution in [0.2, 0.25) is 5.02 Å². The molecule has 1 aliphatic carbocycles. The summed E-state index contributed by atoms with van der Waals surface area (Å²) in [5.41, 5.74) is 11.5. The van der Waals surface area contributed by atoms with Crippen molar-refractivity contribution in [2.24, 2.45) is 5.92 Å². The average Bonchev–Trinajstić information content (AvgIpc) is 3.42. The Morgan fingerprint density at radius 1 is 1.26 bits per heavy atom. The smallest absolute Gasteiger partial charge is 0.0429 e. The minimum atomic E-state index is -0.0456. The van der Waals surface area contributed by atoms with Gasteiger partial charge in [-0.1, -0.05) is 51.1 Å². The summed E-state index contributed by atoms with van der Waals surface area (Å²) >= 11 is 6.34. The lowest BCUT2D eigenvalue weighted by atomic mass is 9.65. The molecule has 0 heterocycles. The third-order valence-corrected chi connectivity index (χ3v) is 6.20. The van der Waals surface area contributed by atoms with Crippen molar-refractivity contribution in [3.05, 3.63) is 65.2 Å². The molecule has 1 saturated carbocycles. The molecule has 0 radical (unpaired) electrons. The predicted molar refractivity (Wildman–Crippen MR) is 119 cm³/mol. The summed E-state index contributed by atoms with van der Waals surface area (Å²) in [6, 6.07) is 15.3. The number of anilines is 2. The van der Waals surface area contributed by atoms with E-state index in [0.29, 0.717) is 17.0 Å². The highest BCUT2D eigenvalue weighted by atomic mass is 35.5. The zero-order valence-electron chi connectivity index (χ0n) is 16.7. The molecule has 3 N–H and O–H groups in total. The molecule has 0 aromatic heterocycles. The van der Waals surface area contributed by atoms with Gasteiger partial charge in [0.1, 0.15) is 0 Å². The van der Waals surface area contributed by atoms with Gasteiger partial charge in [0, 0.05) is 27.9 Å². The van der Waals surface area contributed by atoms with Crippen molar-refractivity contribution in [3.8, 4) is 0 Å². The Morgan fingerprint density at radius 3 is 2.59 bits per heavy atom. The molecule has 1 aliphatic rings. The van der Waals surface area contributed by atoms with Crippen LogP contribution >= 0.6 is 11.6 Å². The van der Waals surface area contributed by atoms with Gasteiger partial charge in [-0.25, -0.2) is 0 Å². The summed E-state index contributed by atoms with van der Waals surface area (Å²) in [5.74, 6) is 0.435. The van der Waals surface area contributed by atoms with Crippen LogP contribution in [0.4, 0.5) is 11.4 Å². The second-order valence-electron chi connectivity index (χ2n) is 8.22. The van der Waals surface area contributed by atoms with Gasteiger partial charge in [0.25, 0.3) is 0 Å². The van der Waals surface area contributed by atoms with Gasteiger partial charge < -0.3 is 11.1 Å². The summed E-state index contributed by atoms with van der Waals surface area (Å²) < 4.78 is 0. The number of hydrogen-bond acceptors (Lipinski definition) is 2. The number of nitrogens with two attached hydrogens (primary N) is 1. The Hall–Kier alpha value is -1.93. The number of halogens is 1. The van der Waals surface area contributed by atoms with Crippen molar-refractivity contribution in [2.45, 2.75) is 57.9 Å². The summed E-state index contributed by atoms with van der Waals surface area (Å²) in [5, 5.41) is 4.28. The zero-order chi connectivity index (χ0) is 19.6. The van der Waals surface area contributed by atoms with Gasteiger partial charge in [-0.2, -0.15) is 0 Å². The number of benzene rings is 2. The predicted octanol–water partition coefficient (Wildman–Crippen LogP) is 6.90. The fourth-order valence-electron chi connectivity index (χ4n) is 4.05. The van der Waals surface area contributed by atoms with Gasteiger partial charge in [0.05, 0.1) is 0 Å². The molecular weight excluding hydrogens is 352 g/mol. The average molecular weight is 383 g/mol. The molecule has 1 fully saturated rings. The van der Waals surface area contributed by atoms with Gasteiger partial charge >= 0.3 is 0 Å². The Kier molecular flexibility index (Phi) is 5.86. The summed E-state index contributed by atoms with van der Waals surface area (Å²) in [6.07, 6.45) is 4.43. The Bertz CT molecular complexity index is 803. The quantitative estimate of drug-likeness (QED) is 0.487. The van der Waals surface area contributed by atoms with E-state index in [1.54, 1.807) is 0 Å². The molecule has 0 spiro atoms. The highest BCUT2D eigenvalue weighted by Crippen LogP contribution is 2.44. The minimum absolute atomic E-state index is 0.0456. The van der Waals surface area contributed by atoms with Gasteiger partial charge in [-0.3, -0.25) is 0 Å². The molecule has 2 aromatic carbocycles. The number of allylic oxidation sites excluding steroid dienone is 1. The highest BCUT2D eigenvalue weighted by molar-refractivity contribution is 6.30. The Labute approximate surface area is 168 Å². The number of nitrogens with one attached hydrogen (secondary N) is 1. The number of hydrogen-bond donors (Lipinski definition) is 2. The van der Waals surface area contributed by atoms with E-state index in [1.165, 1.54) is 29.7 Å². The van der Waals surface area contributed by atoms with Crippen LogP contribution in [0.1, 0.15) is 57.6 Å². The Morgan fingerprint density at radius 2 is 2.00 bits per heavy atom. The molecule has 0 saturated heterocycles. The maximum Gasteiger partial charge on any atom is 0.0429 e. The van der Waals surface area contributed by atoms with Gasteiger partial charge in [0.2, 0.25) is 0 Å². The molecule has 27 heavy (non-hydrogen) atoms. The van der Waals surface area contributed by atoms with Gasteiger partial charge in [-0.05, 0) is 78.6 Å². The van der Waals surface area contributed by atoms with E-state index in [4.69, 9.17) is 17.3 Å². The van der Waals surface area contributed by atoms with Crippen molar-refractivity contribution in [2.75, 3.05) is 11.1 Å². The van der Waals surface area contributed by atoms with E-state index in [9.17, 15) is 0 Å². The first-order valence-electron chi connectivity index (χ1n) is 9.95. The topological polar surface area (TPSA) is 38.0 Å². The van der Waals surface area contributed by atoms with E-state index in [1.807, 2.05) is 6.07 Å². The molecule has 3 heteroatoms. The SMILES string of the molecule is C=C(CC(CC)(c1cc(N)cc(Cl)c1)C(C)C)c1cccc(NC2CC2)c1. The lowest BCUT2D eigenvalue weighted by Crippen LogP contribution is -2.32. The monoisotopic (exact) mass is 382 g/mol. The van der Waals surface area contributed by atoms with Crippen LogP contribution in [0.15, 0.2) is 49.0 Å². The molecular formula is C24H31ClN2. The molecule has 1 atom stereocenters. The molecule has 0 aliphatic heterocycles. The maximum absolute atomic E-state index is 6.34. The van der Waals surface area contributed by atoms with Crippen molar-refractivity contribution >= 4 is 28.5 Å². The molecule has 0 bridgehead atoms. The largest absolute Gasteiger partial charge is 0.399 e. The lowest BCUT2D eigenvalue weighted by molar-refractivity contribution is 0.301. The number of rotatable bonds is 8. The highest BCUT2D eigenvalue weighted by Gasteiger charge is 2.35. The van der Waals surface area contributed by atoms with Crippen LogP contribution in [0, 0.1) is 5.92 Å². The van der Waals surface area contributed by atoms with Crippen LogP contribution in [0.25, 0.3) is 5.57 Å². The van der Waals surface area contributed by atoms with E-state index >= 15 is 0 Å². The van der Waals surface area contributed by atoms with Crippen molar-refractivity contribution in [1.82, 2.24) is 0 Å². The normalized spacial score (nSPS) is 16.2. The second-order valence-corrected chi connectivity index (χ2v) is 8.65. The first-order valence-corrected chi connectivity index (χ1v) is 10.3. The molecule has 2 aromatic rings. The summed E-state index contributed by atoms with van der Waals surface area (Å²) in [6.45, 7) is 11.3. The van der Waals surface area contributed by atoms with Crippen molar-refractivity contribution < 1.29 is 0 Å². The minimum Gasteiger partial charge on any atom is -0.399 e. The van der Waals surface area contributed by atoms with Crippen LogP contribution in [0.5, 0.6) is 0 Å². The van der Waals surface area contributed by atoms with E-state index < -0.39 is 0 Å². The fraction of sp³-hybridized carbons (Fsp3) is 0.417. The standard InChI is InChI=1S/C24H31ClN2/c1-5-24(16(2)3,19-12-20(25)14-21(26)13-19)15-17(4)18-7-6-8-23(11-18)27-22-9-10-22/h6-8,11-14,16,22,27H,4-5,9-10,15,26H2,1-3H3. The van der Waals surface area contributed by atoms with E-state index in [0.717, 1.165) is 24.1 Å². The third-order valence-electron chi connectivity index (χ3n) is 5.98. The molecule has 144 valence electrons. The van der Waals surface area contributed by atoms with Gasteiger partial charge in [-0.15, -0.1) is 0 Å². The molecule has 1 unspecified atom stereocenters. The summed E-state index contributed by atoms with van der Waals surface area (Å²) in [7, 11) is 0. The fourth-order valence-corrected chi connectivity index (χ4v) is 4.30. The van der Waals surface area contributed by atoms with Crippen molar-refractivity contribution in [1.29, 1.82) is 0 Å². The first-order chi connectivity index (χ1) is 12.8. The first kappa shape index (κ1) is 19.8. The number of nitrogen functional groups attached to an aromatic ring is 1. The molecule has 3 rings (SSSR count). The Balaban J connectivity index is 1.91. The van der Waals surface area contributed by atoms with Crippen molar-refractivity contribution in [3.63, 3.8) is 0 Å². The molecule has 0 amide bonds. The lowest BCUT2D eigenvalue weighted by Gasteiger charge is -2.39. The van der Waals surface area contributed by atoms with E-state index in [2.05, 4.69) is 69.1 Å².